The zero-order chi connectivity index (χ0) is 13.0. The summed E-state index contributed by atoms with van der Waals surface area (Å²) in [6, 6.07) is 0. The fraction of sp³-hybridized carbons (Fsp3) is 1.00. The first kappa shape index (κ1) is 15.6. The Hall–Kier alpha value is -0.410. The first-order chi connectivity index (χ1) is 7.17. The molecular weight excluding hydrogens is 252 g/mol. The molecule has 0 bridgehead atoms. The summed E-state index contributed by atoms with van der Waals surface area (Å²) in [7, 11) is -4.08. The average Bonchev–Trinajstić information content (AvgIpc) is 2.16. The highest BCUT2D eigenvalue weighted by molar-refractivity contribution is 7.90. The molecule has 0 aromatic carbocycles. The van der Waals surface area contributed by atoms with Gasteiger partial charge in [0.1, 0.15) is 0 Å². The van der Waals surface area contributed by atoms with E-state index in [1.54, 1.807) is 0 Å². The van der Waals surface area contributed by atoms with Crippen LogP contribution in [0.2, 0.25) is 0 Å². The van der Waals surface area contributed by atoms with Gasteiger partial charge >= 0.3 is 12.3 Å². The highest BCUT2D eigenvalue weighted by Gasteiger charge is 2.42. The lowest BCUT2D eigenvalue weighted by Crippen LogP contribution is -2.46. The van der Waals surface area contributed by atoms with E-state index in [0.29, 0.717) is 0 Å². The van der Waals surface area contributed by atoms with Gasteiger partial charge in [-0.05, 0) is 6.42 Å². The molecule has 0 saturated heterocycles. The molecule has 1 atom stereocenters. The molecule has 1 unspecified atom stereocenters. The average molecular weight is 266 g/mol. The zero-order valence-electron chi connectivity index (χ0n) is 8.59. The normalized spacial score (nSPS) is 15.4. The molecule has 98 valence electrons. The molecule has 0 aromatic rings. The smallest absolute Gasteiger partial charge is 0.320 e. The van der Waals surface area contributed by atoms with Gasteiger partial charge < -0.3 is 5.73 Å². The van der Waals surface area contributed by atoms with Gasteiger partial charge in [-0.3, -0.25) is 0 Å². The Labute approximate surface area is 91.2 Å². The van der Waals surface area contributed by atoms with Crippen LogP contribution in [0, 0.1) is 0 Å². The number of nitrogens with two attached hydrogens (primary N) is 1. The summed E-state index contributed by atoms with van der Waals surface area (Å²) < 4.78 is 72.4. The second-order valence-electron chi connectivity index (χ2n) is 3.19. The van der Waals surface area contributed by atoms with Crippen LogP contribution in [0.1, 0.15) is 13.3 Å². The molecule has 0 aromatic heterocycles. The van der Waals surface area contributed by atoms with Crippen LogP contribution in [0.4, 0.5) is 17.6 Å². The predicted molar refractivity (Wildman–Crippen MR) is 51.0 cm³/mol. The lowest BCUT2D eigenvalue weighted by molar-refractivity contribution is -0.122. The van der Waals surface area contributed by atoms with Crippen molar-refractivity contribution < 1.29 is 26.0 Å². The van der Waals surface area contributed by atoms with Crippen LogP contribution in [-0.2, 0) is 10.0 Å². The van der Waals surface area contributed by atoms with Crippen molar-refractivity contribution >= 4 is 10.0 Å². The fourth-order valence-electron chi connectivity index (χ4n) is 0.905. The second-order valence-corrected chi connectivity index (χ2v) is 5.24. The van der Waals surface area contributed by atoms with Crippen LogP contribution in [0.3, 0.4) is 0 Å². The summed E-state index contributed by atoms with van der Waals surface area (Å²) >= 11 is 0. The number of nitrogens with one attached hydrogen (secondary N) is 1. The monoisotopic (exact) mass is 266 g/mol. The maximum atomic E-state index is 12.4. The maximum absolute atomic E-state index is 12.4. The quantitative estimate of drug-likeness (QED) is 0.661. The van der Waals surface area contributed by atoms with Crippen LogP contribution in [0.15, 0.2) is 0 Å². The van der Waals surface area contributed by atoms with Gasteiger partial charge in [-0.1, -0.05) is 6.92 Å². The first-order valence-electron chi connectivity index (χ1n) is 4.52. The number of sulfonamides is 1. The van der Waals surface area contributed by atoms with Crippen LogP contribution in [-0.4, -0.2) is 39.1 Å². The Morgan fingerprint density at radius 3 is 2.19 bits per heavy atom. The van der Waals surface area contributed by atoms with Crippen molar-refractivity contribution in [2.45, 2.75) is 30.9 Å². The van der Waals surface area contributed by atoms with Gasteiger partial charge in [0.15, 0.2) is 0 Å². The van der Waals surface area contributed by atoms with E-state index in [1.807, 2.05) is 0 Å². The van der Waals surface area contributed by atoms with E-state index in [2.05, 4.69) is 0 Å². The molecule has 0 rings (SSSR count). The standard InChI is InChI=1S/C7H14F4N2O2S/c1-2-5(3-12)16(14,15)13-4-7(10,11)6(8)9/h5-6,13H,2-4,12H2,1H3. The summed E-state index contributed by atoms with van der Waals surface area (Å²) in [6.07, 6.45) is -3.79. The van der Waals surface area contributed by atoms with E-state index < -0.39 is 34.2 Å². The topological polar surface area (TPSA) is 72.2 Å². The van der Waals surface area contributed by atoms with Crippen molar-refractivity contribution in [3.05, 3.63) is 0 Å². The van der Waals surface area contributed by atoms with E-state index in [4.69, 9.17) is 5.73 Å². The van der Waals surface area contributed by atoms with E-state index in [1.165, 1.54) is 11.6 Å². The third-order valence-electron chi connectivity index (χ3n) is 1.99. The first-order valence-corrected chi connectivity index (χ1v) is 6.06. The maximum Gasteiger partial charge on any atom is 0.320 e. The van der Waals surface area contributed by atoms with Gasteiger partial charge in [-0.2, -0.15) is 8.78 Å². The molecule has 0 aliphatic carbocycles. The Morgan fingerprint density at radius 2 is 1.88 bits per heavy atom. The summed E-state index contributed by atoms with van der Waals surface area (Å²) in [5.74, 6) is -4.38. The number of rotatable bonds is 7. The van der Waals surface area contributed by atoms with Crippen molar-refractivity contribution in [2.75, 3.05) is 13.1 Å². The molecule has 0 heterocycles. The minimum Gasteiger partial charge on any atom is -0.329 e. The molecule has 4 nitrogen and oxygen atoms in total. The molecule has 0 radical (unpaired) electrons. The third kappa shape index (κ3) is 4.22. The molecule has 3 N–H and O–H groups in total. The van der Waals surface area contributed by atoms with Crippen LogP contribution in [0.5, 0.6) is 0 Å². The van der Waals surface area contributed by atoms with E-state index in [9.17, 15) is 26.0 Å². The van der Waals surface area contributed by atoms with Gasteiger partial charge in [0, 0.05) is 6.54 Å². The number of hydrogen-bond donors (Lipinski definition) is 2. The number of hydrogen-bond acceptors (Lipinski definition) is 3. The summed E-state index contributed by atoms with van der Waals surface area (Å²) in [5, 5.41) is -1.05. The molecule has 0 amide bonds. The minimum absolute atomic E-state index is 0.117. The van der Waals surface area contributed by atoms with Gasteiger partial charge in [0.05, 0.1) is 11.8 Å². The summed E-state index contributed by atoms with van der Waals surface area (Å²) in [4.78, 5) is 0. The predicted octanol–water partition coefficient (Wildman–Crippen LogP) is 0.544. The van der Waals surface area contributed by atoms with Crippen molar-refractivity contribution in [3.8, 4) is 0 Å². The van der Waals surface area contributed by atoms with Crippen LogP contribution >= 0.6 is 0 Å². The van der Waals surface area contributed by atoms with Crippen molar-refractivity contribution in [3.63, 3.8) is 0 Å². The largest absolute Gasteiger partial charge is 0.329 e. The van der Waals surface area contributed by atoms with Crippen molar-refractivity contribution in [1.29, 1.82) is 0 Å². The summed E-state index contributed by atoms with van der Waals surface area (Å²) in [6.45, 7) is -0.377. The molecule has 0 fully saturated rings. The molecule has 0 saturated carbocycles. The Morgan fingerprint density at radius 1 is 1.38 bits per heavy atom. The van der Waals surface area contributed by atoms with Crippen molar-refractivity contribution in [2.24, 2.45) is 5.73 Å². The van der Waals surface area contributed by atoms with Gasteiger partial charge in [0.25, 0.3) is 0 Å². The van der Waals surface area contributed by atoms with E-state index in [-0.39, 0.29) is 13.0 Å². The Bertz CT molecular complexity index is 304. The zero-order valence-corrected chi connectivity index (χ0v) is 9.41. The molecular formula is C7H14F4N2O2S. The van der Waals surface area contributed by atoms with Gasteiger partial charge in [-0.15, -0.1) is 0 Å². The van der Waals surface area contributed by atoms with Crippen LogP contribution < -0.4 is 10.5 Å². The highest BCUT2D eigenvalue weighted by Crippen LogP contribution is 2.22. The molecule has 0 aliphatic heterocycles. The molecule has 0 spiro atoms. The molecule has 16 heavy (non-hydrogen) atoms. The molecule has 0 aliphatic rings. The highest BCUT2D eigenvalue weighted by atomic mass is 32.2. The lowest BCUT2D eigenvalue weighted by Gasteiger charge is -2.19. The third-order valence-corrected chi connectivity index (χ3v) is 3.94. The van der Waals surface area contributed by atoms with E-state index >= 15 is 0 Å². The number of alkyl halides is 4. The second kappa shape index (κ2) is 5.78. The summed E-state index contributed by atoms with van der Waals surface area (Å²) in [5.41, 5.74) is 5.11. The van der Waals surface area contributed by atoms with E-state index in [0.717, 1.165) is 0 Å². The SMILES string of the molecule is CCC(CN)S(=O)(=O)NCC(F)(F)C(F)F. The van der Waals surface area contributed by atoms with Gasteiger partial charge in [0.2, 0.25) is 10.0 Å². The fourth-order valence-corrected chi connectivity index (χ4v) is 2.23. The minimum atomic E-state index is -4.38. The van der Waals surface area contributed by atoms with Gasteiger partial charge in [-0.25, -0.2) is 21.9 Å². The number of halogens is 4. The van der Waals surface area contributed by atoms with Crippen molar-refractivity contribution in [1.82, 2.24) is 4.72 Å². The Balaban J connectivity index is 4.51. The van der Waals surface area contributed by atoms with Crippen LogP contribution in [0.25, 0.3) is 0 Å². The lowest BCUT2D eigenvalue weighted by atomic mass is 10.3. The molecule has 9 heteroatoms. The Kier molecular flexibility index (Phi) is 5.63.